The summed E-state index contributed by atoms with van der Waals surface area (Å²) in [5.74, 6) is 0.259. The third kappa shape index (κ3) is 4.60. The van der Waals surface area contributed by atoms with Gasteiger partial charge < -0.3 is 25.3 Å². The van der Waals surface area contributed by atoms with Crippen LogP contribution in [0.2, 0.25) is 0 Å². The van der Waals surface area contributed by atoms with Crippen LogP contribution in [-0.4, -0.2) is 39.9 Å². The molecule has 0 bridgehead atoms. The topological polar surface area (TPSA) is 82.8 Å². The predicted octanol–water partition coefficient (Wildman–Crippen LogP) is 0.879. The van der Waals surface area contributed by atoms with Crippen LogP contribution in [0, 0.1) is 0 Å². The smallest absolute Gasteiger partial charge is 0.250 e. The van der Waals surface area contributed by atoms with E-state index in [1.54, 1.807) is 25.3 Å². The molecule has 1 aromatic carbocycles. The Hall–Kier alpha value is -1.79. The zero-order valence-electron chi connectivity index (χ0n) is 10.6. The third-order valence-corrected chi connectivity index (χ3v) is 2.16. The lowest BCUT2D eigenvalue weighted by Crippen LogP contribution is -2.20. The third-order valence-electron chi connectivity index (χ3n) is 2.16. The maximum Gasteiger partial charge on any atom is 0.250 e. The minimum atomic E-state index is -0.255. The Morgan fingerprint density at radius 3 is 2.78 bits per heavy atom. The molecular formula is C12H18N2O4. The molecule has 0 heterocycles. The molecule has 0 atom stereocenters. The quantitative estimate of drug-likeness (QED) is 0.557. The maximum atomic E-state index is 11.6. The van der Waals surface area contributed by atoms with E-state index >= 15 is 0 Å². The fraction of sp³-hybridized carbons (Fsp3) is 0.417. The number of rotatable bonds is 7. The number of carbonyl (C=O) groups is 1. The molecule has 0 saturated heterocycles. The van der Waals surface area contributed by atoms with Gasteiger partial charge in [-0.1, -0.05) is 0 Å². The lowest BCUT2D eigenvalue weighted by atomic mass is 10.2. The van der Waals surface area contributed by atoms with E-state index in [-0.39, 0.29) is 12.5 Å². The molecule has 0 aromatic heterocycles. The minimum Gasteiger partial charge on any atom is -0.494 e. The van der Waals surface area contributed by atoms with Crippen LogP contribution in [0.25, 0.3) is 0 Å². The van der Waals surface area contributed by atoms with Crippen LogP contribution in [0.1, 0.15) is 0 Å². The van der Waals surface area contributed by atoms with Crippen molar-refractivity contribution in [3.8, 4) is 5.75 Å². The summed E-state index contributed by atoms with van der Waals surface area (Å²) in [6.07, 6.45) is 0. The van der Waals surface area contributed by atoms with Crippen molar-refractivity contribution >= 4 is 17.3 Å². The number of anilines is 2. The average molecular weight is 254 g/mol. The number of hydrogen-bond acceptors (Lipinski definition) is 5. The second-order valence-corrected chi connectivity index (χ2v) is 3.55. The highest BCUT2D eigenvalue weighted by Gasteiger charge is 2.07. The predicted molar refractivity (Wildman–Crippen MR) is 68.7 cm³/mol. The van der Waals surface area contributed by atoms with Crippen molar-refractivity contribution in [1.29, 1.82) is 0 Å². The molecule has 6 nitrogen and oxygen atoms in total. The van der Waals surface area contributed by atoms with Gasteiger partial charge in [0.25, 0.3) is 0 Å². The van der Waals surface area contributed by atoms with E-state index in [2.05, 4.69) is 5.32 Å². The van der Waals surface area contributed by atoms with Gasteiger partial charge in [0.1, 0.15) is 12.4 Å². The normalized spacial score (nSPS) is 10.1. The Morgan fingerprint density at radius 1 is 1.33 bits per heavy atom. The van der Waals surface area contributed by atoms with Crippen molar-refractivity contribution in [3.05, 3.63) is 18.2 Å². The second-order valence-electron chi connectivity index (χ2n) is 3.55. The molecule has 6 heteroatoms. The Bertz CT molecular complexity index is 396. The van der Waals surface area contributed by atoms with Crippen LogP contribution in [0.3, 0.4) is 0 Å². The van der Waals surface area contributed by atoms with Gasteiger partial charge in [0.05, 0.1) is 26.0 Å². The zero-order chi connectivity index (χ0) is 13.4. The fourth-order valence-corrected chi connectivity index (χ4v) is 1.30. The average Bonchev–Trinajstić information content (AvgIpc) is 2.37. The first kappa shape index (κ1) is 14.3. The van der Waals surface area contributed by atoms with E-state index in [1.807, 2.05) is 0 Å². The van der Waals surface area contributed by atoms with E-state index < -0.39 is 0 Å². The maximum absolute atomic E-state index is 11.6. The van der Waals surface area contributed by atoms with Crippen molar-refractivity contribution in [2.24, 2.45) is 0 Å². The van der Waals surface area contributed by atoms with Crippen LogP contribution >= 0.6 is 0 Å². The Kier molecular flexibility index (Phi) is 5.96. The number of ether oxygens (including phenoxy) is 3. The Labute approximate surface area is 106 Å². The van der Waals surface area contributed by atoms with Crippen LogP contribution < -0.4 is 15.8 Å². The van der Waals surface area contributed by atoms with Crippen LogP contribution in [0.15, 0.2) is 18.2 Å². The standard InChI is InChI=1S/C12H18N2O4/c1-16-5-6-18-8-12(15)14-10-4-3-9(13)7-11(10)17-2/h3-4,7H,5-6,8,13H2,1-2H3,(H,14,15). The van der Waals surface area contributed by atoms with Gasteiger partial charge in [-0.2, -0.15) is 0 Å². The molecule has 3 N–H and O–H groups in total. The van der Waals surface area contributed by atoms with Crippen molar-refractivity contribution < 1.29 is 19.0 Å². The number of hydrogen-bond donors (Lipinski definition) is 2. The number of carbonyl (C=O) groups excluding carboxylic acids is 1. The summed E-state index contributed by atoms with van der Waals surface area (Å²) in [6, 6.07) is 5.01. The van der Waals surface area contributed by atoms with E-state index in [9.17, 15) is 4.79 Å². The highest BCUT2D eigenvalue weighted by Crippen LogP contribution is 2.26. The lowest BCUT2D eigenvalue weighted by molar-refractivity contribution is -0.121. The van der Waals surface area contributed by atoms with E-state index in [4.69, 9.17) is 19.9 Å². The number of benzene rings is 1. The molecule has 1 amide bonds. The summed E-state index contributed by atoms with van der Waals surface area (Å²) in [5.41, 5.74) is 6.75. The molecule has 0 fully saturated rings. The molecule has 0 aliphatic heterocycles. The number of nitrogen functional groups attached to an aromatic ring is 1. The molecule has 1 rings (SSSR count). The monoisotopic (exact) mass is 254 g/mol. The van der Waals surface area contributed by atoms with Gasteiger partial charge in [-0.15, -0.1) is 0 Å². The van der Waals surface area contributed by atoms with Crippen LogP contribution in [0.5, 0.6) is 5.75 Å². The van der Waals surface area contributed by atoms with Crippen molar-refractivity contribution in [2.75, 3.05) is 45.1 Å². The van der Waals surface area contributed by atoms with Crippen molar-refractivity contribution in [2.45, 2.75) is 0 Å². The number of nitrogens with one attached hydrogen (secondary N) is 1. The van der Waals surface area contributed by atoms with Gasteiger partial charge in [-0.3, -0.25) is 4.79 Å². The largest absolute Gasteiger partial charge is 0.494 e. The van der Waals surface area contributed by atoms with Crippen LogP contribution in [0.4, 0.5) is 11.4 Å². The summed E-state index contributed by atoms with van der Waals surface area (Å²) < 4.78 is 15.0. The first-order valence-corrected chi connectivity index (χ1v) is 5.47. The molecule has 100 valence electrons. The molecule has 0 aliphatic rings. The number of nitrogens with two attached hydrogens (primary N) is 1. The summed E-state index contributed by atoms with van der Waals surface area (Å²) in [5, 5.41) is 2.68. The molecule has 0 unspecified atom stereocenters. The van der Waals surface area contributed by atoms with Gasteiger partial charge in [-0.25, -0.2) is 0 Å². The molecule has 0 spiro atoms. The zero-order valence-corrected chi connectivity index (χ0v) is 10.6. The van der Waals surface area contributed by atoms with E-state index in [0.717, 1.165) is 0 Å². The molecule has 0 saturated carbocycles. The summed E-state index contributed by atoms with van der Waals surface area (Å²) in [7, 11) is 3.09. The highest BCUT2D eigenvalue weighted by molar-refractivity contribution is 5.93. The van der Waals surface area contributed by atoms with Gasteiger partial charge in [-0.05, 0) is 12.1 Å². The van der Waals surface area contributed by atoms with Crippen LogP contribution in [-0.2, 0) is 14.3 Å². The van der Waals surface area contributed by atoms with Crippen molar-refractivity contribution in [3.63, 3.8) is 0 Å². The van der Waals surface area contributed by atoms with Crippen molar-refractivity contribution in [1.82, 2.24) is 0 Å². The van der Waals surface area contributed by atoms with Gasteiger partial charge >= 0.3 is 0 Å². The Balaban J connectivity index is 2.48. The van der Waals surface area contributed by atoms with Gasteiger partial charge in [0.2, 0.25) is 5.91 Å². The fourth-order valence-electron chi connectivity index (χ4n) is 1.30. The SMILES string of the molecule is COCCOCC(=O)Nc1ccc(N)cc1OC. The first-order chi connectivity index (χ1) is 8.67. The summed E-state index contributed by atoms with van der Waals surface area (Å²) in [4.78, 5) is 11.6. The molecule has 18 heavy (non-hydrogen) atoms. The van der Waals surface area contributed by atoms with Gasteiger partial charge in [0, 0.05) is 18.9 Å². The number of amides is 1. The van der Waals surface area contributed by atoms with Gasteiger partial charge in [0.15, 0.2) is 0 Å². The van der Waals surface area contributed by atoms with E-state index in [0.29, 0.717) is 30.3 Å². The summed E-state index contributed by atoms with van der Waals surface area (Å²) >= 11 is 0. The van der Waals surface area contributed by atoms with E-state index in [1.165, 1.54) is 7.11 Å². The minimum absolute atomic E-state index is 0.0309. The molecule has 1 aromatic rings. The first-order valence-electron chi connectivity index (χ1n) is 5.47. The second kappa shape index (κ2) is 7.52. The molecule has 0 aliphatic carbocycles. The summed E-state index contributed by atoms with van der Waals surface area (Å²) in [6.45, 7) is 0.804. The Morgan fingerprint density at radius 2 is 2.11 bits per heavy atom. The lowest BCUT2D eigenvalue weighted by Gasteiger charge is -2.10. The highest BCUT2D eigenvalue weighted by atomic mass is 16.5. The molecular weight excluding hydrogens is 236 g/mol. The number of methoxy groups -OCH3 is 2. The molecule has 0 radical (unpaired) electrons.